The Morgan fingerprint density at radius 3 is 2.76 bits per heavy atom. The summed E-state index contributed by atoms with van der Waals surface area (Å²) in [6.07, 6.45) is 3.10. The van der Waals surface area contributed by atoms with Gasteiger partial charge in [0.05, 0.1) is 23.4 Å². The second-order valence-corrected chi connectivity index (χ2v) is 5.92. The number of ketones is 1. The fourth-order valence-electron chi connectivity index (χ4n) is 3.41. The van der Waals surface area contributed by atoms with Gasteiger partial charge in [0.25, 0.3) is 5.78 Å². The summed E-state index contributed by atoms with van der Waals surface area (Å²) in [5.74, 6) is -1.84. The smallest absolute Gasteiger partial charge is 0.375 e. The molecule has 1 atom stereocenters. The number of aromatic nitrogens is 2. The van der Waals surface area contributed by atoms with Crippen LogP contribution >= 0.6 is 0 Å². The lowest BCUT2D eigenvalue weighted by atomic mass is 9.89. The predicted octanol–water partition coefficient (Wildman–Crippen LogP) is 3.29. The molecule has 1 unspecified atom stereocenters. The Kier molecular flexibility index (Phi) is 3.55. The highest BCUT2D eigenvalue weighted by Gasteiger charge is 2.42. The van der Waals surface area contributed by atoms with Gasteiger partial charge in [0.2, 0.25) is 0 Å². The van der Waals surface area contributed by atoms with Crippen LogP contribution in [-0.4, -0.2) is 33.9 Å². The number of hydrogen-bond donors (Lipinski definition) is 0. The molecule has 0 N–H and O–H groups in total. The highest BCUT2D eigenvalue weighted by atomic mass is 19.4. The summed E-state index contributed by atoms with van der Waals surface area (Å²) in [5, 5.41) is 3.97. The Morgan fingerprint density at radius 2 is 2.10 bits per heavy atom. The van der Waals surface area contributed by atoms with Crippen molar-refractivity contribution in [1.29, 1.82) is 0 Å². The summed E-state index contributed by atoms with van der Waals surface area (Å²) < 4.78 is 44.7. The van der Waals surface area contributed by atoms with Gasteiger partial charge in [0, 0.05) is 12.8 Å². The SMILES string of the molecule is O=C(c1cnn(C2CCOC3(CCCC3)C2)c1)C(F)(F)F. The Balaban J connectivity index is 1.75. The van der Waals surface area contributed by atoms with Gasteiger partial charge in [-0.2, -0.15) is 18.3 Å². The van der Waals surface area contributed by atoms with E-state index in [1.807, 2.05) is 0 Å². The lowest BCUT2D eigenvalue weighted by molar-refractivity contribution is -0.0913. The molecule has 7 heteroatoms. The van der Waals surface area contributed by atoms with Crippen LogP contribution in [0.4, 0.5) is 13.2 Å². The van der Waals surface area contributed by atoms with Crippen LogP contribution in [0.3, 0.4) is 0 Å². The molecule has 1 aliphatic heterocycles. The van der Waals surface area contributed by atoms with Crippen LogP contribution in [0.2, 0.25) is 0 Å². The summed E-state index contributed by atoms with van der Waals surface area (Å²) in [6, 6.07) is 0.00614. The van der Waals surface area contributed by atoms with E-state index in [1.54, 1.807) is 0 Å². The van der Waals surface area contributed by atoms with Gasteiger partial charge in [-0.15, -0.1) is 0 Å². The highest BCUT2D eigenvalue weighted by molar-refractivity contribution is 5.99. The number of hydrogen-bond acceptors (Lipinski definition) is 3. The number of halogens is 3. The van der Waals surface area contributed by atoms with Gasteiger partial charge in [-0.3, -0.25) is 9.48 Å². The zero-order valence-electron chi connectivity index (χ0n) is 11.5. The first-order valence-corrected chi connectivity index (χ1v) is 7.19. The van der Waals surface area contributed by atoms with Crippen molar-refractivity contribution >= 4 is 5.78 Å². The van der Waals surface area contributed by atoms with Gasteiger partial charge in [0.15, 0.2) is 0 Å². The molecule has 0 bridgehead atoms. The van der Waals surface area contributed by atoms with Crippen LogP contribution < -0.4 is 0 Å². The molecule has 4 nitrogen and oxygen atoms in total. The van der Waals surface area contributed by atoms with Crippen molar-refractivity contribution in [3.63, 3.8) is 0 Å². The number of carbonyl (C=O) groups excluding carboxylic acids is 1. The molecule has 1 aliphatic carbocycles. The molecule has 1 aromatic heterocycles. The lowest BCUT2D eigenvalue weighted by Crippen LogP contribution is -2.38. The maximum absolute atomic E-state index is 12.4. The van der Waals surface area contributed by atoms with Crippen LogP contribution in [0, 0.1) is 0 Å². The zero-order valence-corrected chi connectivity index (χ0v) is 11.5. The third kappa shape index (κ3) is 2.84. The Labute approximate surface area is 120 Å². The molecule has 1 saturated carbocycles. The highest BCUT2D eigenvalue weighted by Crippen LogP contribution is 2.43. The van der Waals surface area contributed by atoms with E-state index in [9.17, 15) is 18.0 Å². The largest absolute Gasteiger partial charge is 0.454 e. The quantitative estimate of drug-likeness (QED) is 0.787. The molecule has 0 aromatic carbocycles. The molecule has 3 rings (SSSR count). The van der Waals surface area contributed by atoms with Gasteiger partial charge in [-0.1, -0.05) is 12.8 Å². The predicted molar refractivity (Wildman–Crippen MR) is 68.0 cm³/mol. The van der Waals surface area contributed by atoms with Gasteiger partial charge >= 0.3 is 6.18 Å². The zero-order chi connectivity index (χ0) is 15.1. The van der Waals surface area contributed by atoms with Crippen LogP contribution in [0.5, 0.6) is 0 Å². The summed E-state index contributed by atoms with van der Waals surface area (Å²) in [7, 11) is 0. The maximum Gasteiger partial charge on any atom is 0.454 e. The van der Waals surface area contributed by atoms with E-state index < -0.39 is 17.5 Å². The van der Waals surface area contributed by atoms with Crippen LogP contribution in [0.25, 0.3) is 0 Å². The Morgan fingerprint density at radius 1 is 1.38 bits per heavy atom. The minimum atomic E-state index is -4.85. The number of nitrogens with zero attached hydrogens (tertiary/aromatic N) is 2. The summed E-state index contributed by atoms with van der Waals surface area (Å²) in [6.45, 7) is 0.590. The van der Waals surface area contributed by atoms with Gasteiger partial charge in [0.1, 0.15) is 0 Å². The van der Waals surface area contributed by atoms with Crippen molar-refractivity contribution in [2.75, 3.05) is 6.61 Å². The summed E-state index contributed by atoms with van der Waals surface area (Å²) in [5.41, 5.74) is -0.530. The molecule has 1 aromatic rings. The monoisotopic (exact) mass is 302 g/mol. The van der Waals surface area contributed by atoms with Gasteiger partial charge < -0.3 is 4.74 Å². The number of alkyl halides is 3. The van der Waals surface area contributed by atoms with E-state index >= 15 is 0 Å². The Hall–Kier alpha value is -1.37. The number of Topliss-reactive ketones (excluding diaryl/α,β-unsaturated/α-hetero) is 1. The first-order chi connectivity index (χ1) is 9.90. The van der Waals surface area contributed by atoms with Gasteiger partial charge in [-0.05, 0) is 25.7 Å². The molecular formula is C14H17F3N2O2. The number of ether oxygens (including phenoxy) is 1. The molecule has 1 saturated heterocycles. The molecule has 1 spiro atoms. The fraction of sp³-hybridized carbons (Fsp3) is 0.714. The Bertz CT molecular complexity index is 533. The lowest BCUT2D eigenvalue weighted by Gasteiger charge is -2.38. The molecule has 21 heavy (non-hydrogen) atoms. The minimum absolute atomic E-state index is 0.00614. The first-order valence-electron chi connectivity index (χ1n) is 7.19. The number of rotatable bonds is 2. The summed E-state index contributed by atoms with van der Waals surface area (Å²) >= 11 is 0. The third-order valence-electron chi connectivity index (χ3n) is 4.48. The molecule has 116 valence electrons. The molecule has 2 heterocycles. The molecule has 0 amide bonds. The first kappa shape index (κ1) is 14.6. The van der Waals surface area contributed by atoms with E-state index in [-0.39, 0.29) is 11.6 Å². The molecule has 2 fully saturated rings. The molecule has 2 aliphatic rings. The van der Waals surface area contributed by atoms with E-state index in [1.165, 1.54) is 10.9 Å². The maximum atomic E-state index is 12.4. The van der Waals surface area contributed by atoms with Crippen molar-refractivity contribution in [2.24, 2.45) is 0 Å². The minimum Gasteiger partial charge on any atom is -0.375 e. The van der Waals surface area contributed by atoms with Crippen molar-refractivity contribution in [2.45, 2.75) is 56.3 Å². The standard InChI is InChI=1S/C14H17F3N2O2/c15-14(16,17)12(20)10-8-18-19(9-10)11-3-6-21-13(7-11)4-1-2-5-13/h8-9,11H,1-7H2. The van der Waals surface area contributed by atoms with E-state index in [4.69, 9.17) is 4.74 Å². The number of carbonyl (C=O) groups is 1. The van der Waals surface area contributed by atoms with E-state index in [2.05, 4.69) is 5.10 Å². The normalized spacial score (nSPS) is 25.4. The van der Waals surface area contributed by atoms with Crippen LogP contribution in [0.1, 0.15) is 54.9 Å². The molecular weight excluding hydrogens is 285 g/mol. The topological polar surface area (TPSA) is 44.1 Å². The van der Waals surface area contributed by atoms with Gasteiger partial charge in [-0.25, -0.2) is 0 Å². The van der Waals surface area contributed by atoms with Crippen molar-refractivity contribution in [3.8, 4) is 0 Å². The van der Waals surface area contributed by atoms with Crippen LogP contribution in [0.15, 0.2) is 12.4 Å². The average molecular weight is 302 g/mol. The average Bonchev–Trinajstić information content (AvgIpc) is 3.07. The third-order valence-corrected chi connectivity index (χ3v) is 4.48. The van der Waals surface area contributed by atoms with Crippen LogP contribution in [-0.2, 0) is 4.74 Å². The summed E-state index contributed by atoms with van der Waals surface area (Å²) in [4.78, 5) is 11.2. The molecule has 0 radical (unpaired) electrons. The van der Waals surface area contributed by atoms with Crippen molar-refractivity contribution in [1.82, 2.24) is 9.78 Å². The van der Waals surface area contributed by atoms with E-state index in [0.29, 0.717) is 13.0 Å². The van der Waals surface area contributed by atoms with Crippen molar-refractivity contribution in [3.05, 3.63) is 18.0 Å². The van der Waals surface area contributed by atoms with E-state index in [0.717, 1.165) is 38.3 Å². The van der Waals surface area contributed by atoms with Crippen molar-refractivity contribution < 1.29 is 22.7 Å². The second-order valence-electron chi connectivity index (χ2n) is 5.92. The second kappa shape index (κ2) is 5.12. The fourth-order valence-corrected chi connectivity index (χ4v) is 3.41.